The molecular weight excluding hydrogens is 168 g/mol. The average molecular weight is 182 g/mol. The van der Waals surface area contributed by atoms with Crippen molar-refractivity contribution in [2.45, 2.75) is 4.90 Å². The zero-order valence-corrected chi connectivity index (χ0v) is 8.52. The van der Waals surface area contributed by atoms with Gasteiger partial charge in [0.05, 0.1) is 0 Å². The molecule has 0 amide bonds. The second-order valence-electron chi connectivity index (χ2n) is 3.52. The first-order valence-electron chi connectivity index (χ1n) is 3.77. The molecule has 0 bridgehead atoms. The fraction of sp³-hybridized carbons (Fsp3) is 0.300. The summed E-state index contributed by atoms with van der Waals surface area (Å²) in [6.45, 7) is 0. The van der Waals surface area contributed by atoms with Crippen molar-refractivity contribution in [3.05, 3.63) is 29.8 Å². The maximum absolute atomic E-state index is 10.4. The summed E-state index contributed by atoms with van der Waals surface area (Å²) in [7, 11) is -0.644. The fourth-order valence-electron chi connectivity index (χ4n) is 0.955. The average Bonchev–Trinajstić information content (AvgIpc) is 2.03. The van der Waals surface area contributed by atoms with Crippen LogP contribution in [0.25, 0.3) is 0 Å². The van der Waals surface area contributed by atoms with E-state index in [-0.39, 0.29) is 0 Å². The van der Waals surface area contributed by atoms with E-state index in [0.717, 1.165) is 11.8 Å². The Morgan fingerprint density at radius 1 is 1.08 bits per heavy atom. The van der Waals surface area contributed by atoms with Crippen LogP contribution in [0.5, 0.6) is 0 Å². The molecule has 0 unspecified atom stereocenters. The van der Waals surface area contributed by atoms with E-state index in [9.17, 15) is 4.79 Å². The van der Waals surface area contributed by atoms with Crippen molar-refractivity contribution in [2.24, 2.45) is 0 Å². The molecule has 1 nitrogen and oxygen atoms in total. The summed E-state index contributed by atoms with van der Waals surface area (Å²) in [6, 6.07) is 7.83. The first-order chi connectivity index (χ1) is 5.54. The lowest BCUT2D eigenvalue weighted by Gasteiger charge is -2.25. The van der Waals surface area contributed by atoms with E-state index in [0.29, 0.717) is 0 Å². The maximum atomic E-state index is 10.4. The third kappa shape index (κ3) is 2.11. The van der Waals surface area contributed by atoms with Gasteiger partial charge in [-0.2, -0.15) is 0 Å². The van der Waals surface area contributed by atoms with Crippen molar-refractivity contribution in [2.75, 3.05) is 18.8 Å². The molecule has 0 saturated heterocycles. The van der Waals surface area contributed by atoms with Crippen LogP contribution in [0.3, 0.4) is 0 Å². The number of benzene rings is 1. The first kappa shape index (κ1) is 9.33. The molecule has 1 rings (SSSR count). The van der Waals surface area contributed by atoms with Crippen LogP contribution in [-0.2, 0) is 0 Å². The summed E-state index contributed by atoms with van der Waals surface area (Å²) in [5, 5.41) is 0. The van der Waals surface area contributed by atoms with Crippen molar-refractivity contribution >= 4 is 16.3 Å². The second kappa shape index (κ2) is 3.31. The van der Waals surface area contributed by atoms with Crippen molar-refractivity contribution < 1.29 is 4.79 Å². The van der Waals surface area contributed by atoms with Crippen molar-refractivity contribution in [1.82, 2.24) is 0 Å². The Labute approximate surface area is 75.1 Å². The van der Waals surface area contributed by atoms with Crippen LogP contribution >= 0.6 is 10.0 Å². The summed E-state index contributed by atoms with van der Waals surface area (Å²) >= 11 is 0. The van der Waals surface area contributed by atoms with Crippen LogP contribution in [0, 0.1) is 0 Å². The number of hydrogen-bond donors (Lipinski definition) is 0. The second-order valence-corrected chi connectivity index (χ2v) is 7.67. The smallest absolute Gasteiger partial charge is 0.150 e. The third-order valence-corrected chi connectivity index (χ3v) is 3.41. The molecule has 0 saturated carbocycles. The fourth-order valence-corrected chi connectivity index (χ4v) is 1.91. The van der Waals surface area contributed by atoms with E-state index in [1.807, 2.05) is 24.3 Å². The Hall–Kier alpha value is -0.760. The molecule has 1 aromatic rings. The Bertz CT molecular complexity index is 269. The standard InChI is InChI=1S/C10H14OS/c1-12(2,3)10-6-4-9(8-11)5-7-10/h4-8H,1-3H3. The summed E-state index contributed by atoms with van der Waals surface area (Å²) in [4.78, 5) is 11.7. The van der Waals surface area contributed by atoms with Gasteiger partial charge in [0.1, 0.15) is 6.29 Å². The summed E-state index contributed by atoms with van der Waals surface area (Å²) in [6.07, 6.45) is 7.59. The molecule has 0 aliphatic rings. The van der Waals surface area contributed by atoms with Crippen molar-refractivity contribution in [1.29, 1.82) is 0 Å². The van der Waals surface area contributed by atoms with Crippen LogP contribution in [-0.4, -0.2) is 25.1 Å². The molecule has 12 heavy (non-hydrogen) atoms. The van der Waals surface area contributed by atoms with Gasteiger partial charge >= 0.3 is 0 Å². The molecule has 0 N–H and O–H groups in total. The van der Waals surface area contributed by atoms with Gasteiger partial charge in [0.15, 0.2) is 0 Å². The highest BCUT2D eigenvalue weighted by Crippen LogP contribution is 2.44. The van der Waals surface area contributed by atoms with Gasteiger partial charge in [-0.05, 0) is 35.8 Å². The molecule has 2 heteroatoms. The van der Waals surface area contributed by atoms with Gasteiger partial charge in [0.2, 0.25) is 0 Å². The minimum absolute atomic E-state index is 0.644. The molecule has 0 fully saturated rings. The highest BCUT2D eigenvalue weighted by molar-refractivity contribution is 8.32. The molecule has 0 aliphatic heterocycles. The SMILES string of the molecule is CS(C)(C)c1ccc(C=O)cc1. The largest absolute Gasteiger partial charge is 0.298 e. The minimum atomic E-state index is -0.644. The molecule has 0 heterocycles. The minimum Gasteiger partial charge on any atom is -0.298 e. The van der Waals surface area contributed by atoms with Crippen LogP contribution in [0.2, 0.25) is 0 Å². The van der Waals surface area contributed by atoms with E-state index in [2.05, 4.69) is 18.8 Å². The van der Waals surface area contributed by atoms with Gasteiger partial charge in [-0.25, -0.2) is 10.0 Å². The van der Waals surface area contributed by atoms with E-state index < -0.39 is 10.0 Å². The molecule has 0 spiro atoms. The molecule has 0 atom stereocenters. The predicted molar refractivity (Wildman–Crippen MR) is 55.5 cm³/mol. The van der Waals surface area contributed by atoms with Gasteiger partial charge < -0.3 is 0 Å². The third-order valence-electron chi connectivity index (χ3n) is 1.72. The lowest BCUT2D eigenvalue weighted by molar-refractivity contribution is 0.112. The van der Waals surface area contributed by atoms with Crippen molar-refractivity contribution in [3.63, 3.8) is 0 Å². The number of rotatable bonds is 2. The molecule has 0 aromatic heterocycles. The zero-order valence-electron chi connectivity index (χ0n) is 7.70. The normalized spacial score (nSPS) is 12.6. The Morgan fingerprint density at radius 2 is 1.58 bits per heavy atom. The number of hydrogen-bond acceptors (Lipinski definition) is 1. The van der Waals surface area contributed by atoms with Gasteiger partial charge in [0, 0.05) is 5.56 Å². The summed E-state index contributed by atoms with van der Waals surface area (Å²) in [5.41, 5.74) is 0.752. The monoisotopic (exact) mass is 182 g/mol. The molecule has 0 aliphatic carbocycles. The van der Waals surface area contributed by atoms with Gasteiger partial charge in [-0.1, -0.05) is 12.1 Å². The number of carbonyl (C=O) groups is 1. The van der Waals surface area contributed by atoms with Gasteiger partial charge in [0.25, 0.3) is 0 Å². The van der Waals surface area contributed by atoms with Crippen LogP contribution < -0.4 is 0 Å². The molecular formula is C10H14OS. The Balaban J connectivity index is 3.00. The molecule has 1 aromatic carbocycles. The lowest BCUT2D eigenvalue weighted by Crippen LogP contribution is -1.92. The Kier molecular flexibility index (Phi) is 2.58. The quantitative estimate of drug-likeness (QED) is 0.642. The highest BCUT2D eigenvalue weighted by atomic mass is 32.3. The van der Waals surface area contributed by atoms with E-state index in [1.165, 1.54) is 4.90 Å². The first-order valence-corrected chi connectivity index (χ1v) is 6.63. The highest BCUT2D eigenvalue weighted by Gasteiger charge is 2.06. The van der Waals surface area contributed by atoms with E-state index >= 15 is 0 Å². The number of aldehydes is 1. The van der Waals surface area contributed by atoms with Crippen LogP contribution in [0.15, 0.2) is 29.2 Å². The summed E-state index contributed by atoms with van der Waals surface area (Å²) < 4.78 is 0. The van der Waals surface area contributed by atoms with Gasteiger partial charge in [-0.15, -0.1) is 0 Å². The summed E-state index contributed by atoms with van der Waals surface area (Å²) in [5.74, 6) is 0. The Morgan fingerprint density at radius 3 is 1.92 bits per heavy atom. The number of carbonyl (C=O) groups excluding carboxylic acids is 1. The van der Waals surface area contributed by atoms with Crippen LogP contribution in [0.1, 0.15) is 10.4 Å². The molecule has 0 radical (unpaired) electrons. The maximum Gasteiger partial charge on any atom is 0.150 e. The molecule has 66 valence electrons. The van der Waals surface area contributed by atoms with E-state index in [4.69, 9.17) is 0 Å². The zero-order chi connectivity index (χ0) is 9.19. The van der Waals surface area contributed by atoms with Gasteiger partial charge in [-0.3, -0.25) is 4.79 Å². The van der Waals surface area contributed by atoms with E-state index in [1.54, 1.807) is 0 Å². The van der Waals surface area contributed by atoms with Crippen LogP contribution in [0.4, 0.5) is 0 Å². The van der Waals surface area contributed by atoms with Crippen molar-refractivity contribution in [3.8, 4) is 0 Å². The predicted octanol–water partition coefficient (Wildman–Crippen LogP) is 2.55. The lowest BCUT2D eigenvalue weighted by atomic mass is 10.2. The topological polar surface area (TPSA) is 17.1 Å².